The summed E-state index contributed by atoms with van der Waals surface area (Å²) in [5, 5.41) is 14.3. The standard InChI is InChI=1S/C19H18N4O4S/c1-10-6-7-12(23(26)27)8-14(10)21-16(24)9-22-11(2)20-18-17(19(22)25)13-4-3-5-15(13)28-18/h6-8H,3-5,9H2,1-2H3,(H,21,24). The number of amides is 1. The third-order valence-electron chi connectivity index (χ3n) is 5.02. The van der Waals surface area contributed by atoms with Crippen LogP contribution in [0.5, 0.6) is 0 Å². The van der Waals surface area contributed by atoms with Crippen molar-refractivity contribution in [2.24, 2.45) is 0 Å². The Morgan fingerprint density at radius 2 is 2.14 bits per heavy atom. The molecule has 1 aliphatic rings. The van der Waals surface area contributed by atoms with Crippen molar-refractivity contribution in [3.8, 4) is 0 Å². The summed E-state index contributed by atoms with van der Waals surface area (Å²) in [5.74, 6) is 0.0464. The third kappa shape index (κ3) is 3.07. The number of nitro groups is 1. The summed E-state index contributed by atoms with van der Waals surface area (Å²) in [4.78, 5) is 42.5. The molecule has 2 aromatic heterocycles. The number of nitrogens with one attached hydrogen (secondary N) is 1. The van der Waals surface area contributed by atoms with Crippen molar-refractivity contribution in [2.75, 3.05) is 5.32 Å². The monoisotopic (exact) mass is 398 g/mol. The normalized spacial score (nSPS) is 12.9. The van der Waals surface area contributed by atoms with Gasteiger partial charge in [-0.3, -0.25) is 24.3 Å². The van der Waals surface area contributed by atoms with E-state index >= 15 is 0 Å². The number of hydrogen-bond acceptors (Lipinski definition) is 6. The van der Waals surface area contributed by atoms with Gasteiger partial charge in [-0.05, 0) is 44.2 Å². The minimum Gasteiger partial charge on any atom is -0.324 e. The first-order valence-electron chi connectivity index (χ1n) is 8.91. The number of carbonyl (C=O) groups excluding carboxylic acids is 1. The molecule has 0 aliphatic heterocycles. The molecule has 0 saturated heterocycles. The molecule has 0 unspecified atom stereocenters. The van der Waals surface area contributed by atoms with E-state index in [4.69, 9.17) is 0 Å². The number of aromatic nitrogens is 2. The molecule has 1 amide bonds. The topological polar surface area (TPSA) is 107 Å². The van der Waals surface area contributed by atoms with Crippen molar-refractivity contribution in [1.82, 2.24) is 9.55 Å². The Bertz CT molecular complexity index is 1190. The lowest BCUT2D eigenvalue weighted by Crippen LogP contribution is -2.30. The van der Waals surface area contributed by atoms with E-state index in [9.17, 15) is 19.7 Å². The molecular weight excluding hydrogens is 380 g/mol. The predicted molar refractivity (Wildman–Crippen MR) is 107 cm³/mol. The van der Waals surface area contributed by atoms with Crippen LogP contribution in [-0.2, 0) is 24.2 Å². The second kappa shape index (κ2) is 6.83. The second-order valence-corrected chi connectivity index (χ2v) is 7.98. The molecule has 0 spiro atoms. The van der Waals surface area contributed by atoms with Crippen LogP contribution in [0, 0.1) is 24.0 Å². The van der Waals surface area contributed by atoms with Crippen LogP contribution in [0.3, 0.4) is 0 Å². The molecule has 1 N–H and O–H groups in total. The molecule has 0 radical (unpaired) electrons. The molecule has 0 bridgehead atoms. The molecule has 0 atom stereocenters. The van der Waals surface area contributed by atoms with E-state index in [0.717, 1.165) is 29.7 Å². The average Bonchev–Trinajstić information content (AvgIpc) is 3.20. The first-order valence-corrected chi connectivity index (χ1v) is 9.73. The van der Waals surface area contributed by atoms with Gasteiger partial charge in [-0.15, -0.1) is 11.3 Å². The highest BCUT2D eigenvalue weighted by Crippen LogP contribution is 2.34. The van der Waals surface area contributed by atoms with E-state index in [1.54, 1.807) is 31.3 Å². The number of aryl methyl sites for hydroxylation is 4. The summed E-state index contributed by atoms with van der Waals surface area (Å²) < 4.78 is 1.37. The highest BCUT2D eigenvalue weighted by atomic mass is 32.1. The fraction of sp³-hybridized carbons (Fsp3) is 0.316. The smallest absolute Gasteiger partial charge is 0.271 e. The molecular formula is C19H18N4O4S. The third-order valence-corrected chi connectivity index (χ3v) is 6.21. The lowest BCUT2D eigenvalue weighted by molar-refractivity contribution is -0.384. The van der Waals surface area contributed by atoms with Gasteiger partial charge in [-0.25, -0.2) is 4.98 Å². The van der Waals surface area contributed by atoms with Crippen LogP contribution < -0.4 is 10.9 Å². The SMILES string of the molecule is Cc1ccc([N+](=O)[O-])cc1NC(=O)Cn1c(C)nc2sc3c(c2c1=O)CCC3. The molecule has 0 saturated carbocycles. The zero-order valence-corrected chi connectivity index (χ0v) is 16.3. The van der Waals surface area contributed by atoms with Crippen LogP contribution in [0.15, 0.2) is 23.0 Å². The van der Waals surface area contributed by atoms with E-state index in [-0.39, 0.29) is 17.8 Å². The highest BCUT2D eigenvalue weighted by molar-refractivity contribution is 7.18. The zero-order valence-electron chi connectivity index (χ0n) is 15.4. The molecule has 0 fully saturated rings. The van der Waals surface area contributed by atoms with Gasteiger partial charge >= 0.3 is 0 Å². The van der Waals surface area contributed by atoms with Crippen molar-refractivity contribution in [1.29, 1.82) is 0 Å². The number of thiophene rings is 1. The number of rotatable bonds is 4. The Labute approximate surface area is 164 Å². The highest BCUT2D eigenvalue weighted by Gasteiger charge is 2.23. The first kappa shape index (κ1) is 18.3. The number of non-ortho nitro benzene ring substituents is 1. The number of carbonyl (C=O) groups is 1. The molecule has 1 aliphatic carbocycles. The van der Waals surface area contributed by atoms with E-state index in [1.165, 1.54) is 21.6 Å². The summed E-state index contributed by atoms with van der Waals surface area (Å²) in [7, 11) is 0. The van der Waals surface area contributed by atoms with Crippen LogP contribution in [0.4, 0.5) is 11.4 Å². The summed E-state index contributed by atoms with van der Waals surface area (Å²) in [5.41, 5.74) is 1.82. The lowest BCUT2D eigenvalue weighted by Gasteiger charge is -2.12. The maximum absolute atomic E-state index is 13.0. The van der Waals surface area contributed by atoms with Crippen LogP contribution in [0.2, 0.25) is 0 Å². The average molecular weight is 398 g/mol. The van der Waals surface area contributed by atoms with E-state index in [0.29, 0.717) is 22.5 Å². The van der Waals surface area contributed by atoms with Gasteiger partial charge in [0.05, 0.1) is 16.0 Å². The molecule has 9 heteroatoms. The molecule has 144 valence electrons. The quantitative estimate of drug-likeness (QED) is 0.537. The van der Waals surface area contributed by atoms with Crippen LogP contribution in [-0.4, -0.2) is 20.4 Å². The molecule has 1 aromatic carbocycles. The molecule has 8 nitrogen and oxygen atoms in total. The molecule has 2 heterocycles. The van der Waals surface area contributed by atoms with Crippen molar-refractivity contribution < 1.29 is 9.72 Å². The number of nitrogens with zero attached hydrogens (tertiary/aromatic N) is 3. The molecule has 3 aromatic rings. The van der Waals surface area contributed by atoms with E-state index in [2.05, 4.69) is 10.3 Å². The van der Waals surface area contributed by atoms with Gasteiger partial charge in [0.15, 0.2) is 0 Å². The van der Waals surface area contributed by atoms with E-state index in [1.807, 2.05) is 0 Å². The Morgan fingerprint density at radius 3 is 2.89 bits per heavy atom. The largest absolute Gasteiger partial charge is 0.324 e. The van der Waals surface area contributed by atoms with Gasteiger partial charge in [0.2, 0.25) is 5.91 Å². The van der Waals surface area contributed by atoms with Gasteiger partial charge in [-0.1, -0.05) is 6.07 Å². The summed E-state index contributed by atoms with van der Waals surface area (Å²) in [6, 6.07) is 4.28. The Kier molecular flexibility index (Phi) is 4.46. The number of nitro benzene ring substituents is 1. The van der Waals surface area contributed by atoms with Gasteiger partial charge in [0, 0.05) is 17.0 Å². The van der Waals surface area contributed by atoms with Gasteiger partial charge in [0.1, 0.15) is 17.2 Å². The summed E-state index contributed by atoms with van der Waals surface area (Å²) in [6.07, 6.45) is 2.88. The van der Waals surface area contributed by atoms with Gasteiger partial charge in [-0.2, -0.15) is 0 Å². The fourth-order valence-corrected chi connectivity index (χ4v) is 4.85. The zero-order chi connectivity index (χ0) is 20.0. The number of fused-ring (bicyclic) bond motifs is 3. The van der Waals surface area contributed by atoms with Crippen molar-refractivity contribution >= 4 is 38.8 Å². The van der Waals surface area contributed by atoms with Crippen LogP contribution in [0.1, 0.15) is 28.2 Å². The Hall–Kier alpha value is -3.07. The maximum atomic E-state index is 13.0. The maximum Gasteiger partial charge on any atom is 0.271 e. The Balaban J connectivity index is 1.65. The lowest BCUT2D eigenvalue weighted by atomic mass is 10.2. The Morgan fingerprint density at radius 1 is 1.36 bits per heavy atom. The summed E-state index contributed by atoms with van der Waals surface area (Å²) in [6.45, 7) is 3.26. The van der Waals surface area contributed by atoms with Gasteiger partial charge < -0.3 is 5.32 Å². The van der Waals surface area contributed by atoms with Crippen molar-refractivity contribution in [3.05, 3.63) is 60.5 Å². The van der Waals surface area contributed by atoms with E-state index < -0.39 is 10.8 Å². The van der Waals surface area contributed by atoms with Gasteiger partial charge in [0.25, 0.3) is 11.2 Å². The molecule has 4 rings (SSSR count). The summed E-state index contributed by atoms with van der Waals surface area (Å²) >= 11 is 1.56. The number of hydrogen-bond donors (Lipinski definition) is 1. The predicted octanol–water partition coefficient (Wildman–Crippen LogP) is 3.11. The minimum atomic E-state index is -0.515. The van der Waals surface area contributed by atoms with Crippen molar-refractivity contribution in [2.45, 2.75) is 39.7 Å². The number of benzene rings is 1. The first-order chi connectivity index (χ1) is 13.3. The van der Waals surface area contributed by atoms with Crippen LogP contribution in [0.25, 0.3) is 10.2 Å². The number of anilines is 1. The van der Waals surface area contributed by atoms with Crippen molar-refractivity contribution in [3.63, 3.8) is 0 Å². The second-order valence-electron chi connectivity index (χ2n) is 6.89. The minimum absolute atomic E-state index is 0.105. The van der Waals surface area contributed by atoms with Crippen LogP contribution >= 0.6 is 11.3 Å². The molecule has 28 heavy (non-hydrogen) atoms. The fourth-order valence-electron chi connectivity index (χ4n) is 3.56.